The van der Waals surface area contributed by atoms with Gasteiger partial charge in [0.25, 0.3) is 0 Å². The highest BCUT2D eigenvalue weighted by Gasteiger charge is 1.89. The highest BCUT2D eigenvalue weighted by molar-refractivity contribution is 5.37. The second-order valence-corrected chi connectivity index (χ2v) is 1.58. The molecule has 0 fully saturated rings. The summed E-state index contributed by atoms with van der Waals surface area (Å²) in [4.78, 5) is 0. The molecular weight excluding hydrogens is 118 g/mol. The van der Waals surface area contributed by atoms with Gasteiger partial charge in [-0.1, -0.05) is 5.21 Å². The van der Waals surface area contributed by atoms with E-state index in [0.29, 0.717) is 0 Å². The first-order valence-corrected chi connectivity index (χ1v) is 2.43. The molecule has 0 saturated heterocycles. The Hall–Kier alpha value is -1.52. The second kappa shape index (κ2) is 1.48. The van der Waals surface area contributed by atoms with E-state index in [4.69, 9.17) is 0 Å². The number of fused-ring (bicyclic) bond motifs is 1. The maximum Gasteiger partial charge on any atom is 0.142 e. The van der Waals surface area contributed by atoms with Crippen LogP contribution in [0.5, 0.6) is 0 Å². The standard InChI is InChI=1S/C4H3N5/c1-4-2-6-8-9(4)3-7-5-1/h1-3H. The maximum atomic E-state index is 3.68. The SMILES string of the molecule is c1nncn2nncc12. The van der Waals surface area contributed by atoms with Gasteiger partial charge in [0.2, 0.25) is 0 Å². The van der Waals surface area contributed by atoms with Gasteiger partial charge in [0, 0.05) is 0 Å². The molecule has 0 aromatic carbocycles. The highest BCUT2D eigenvalue weighted by atomic mass is 15.4. The fraction of sp³-hybridized carbons (Fsp3) is 0. The summed E-state index contributed by atoms with van der Waals surface area (Å²) in [5, 5.41) is 14.5. The molecule has 5 nitrogen and oxygen atoms in total. The molecule has 0 radical (unpaired) electrons. The summed E-state index contributed by atoms with van der Waals surface area (Å²) in [7, 11) is 0. The molecule has 0 atom stereocenters. The van der Waals surface area contributed by atoms with E-state index in [0.717, 1.165) is 5.52 Å². The molecule has 2 rings (SSSR count). The van der Waals surface area contributed by atoms with E-state index in [2.05, 4.69) is 20.5 Å². The van der Waals surface area contributed by atoms with Gasteiger partial charge in [-0.25, -0.2) is 0 Å². The van der Waals surface area contributed by atoms with E-state index < -0.39 is 0 Å². The van der Waals surface area contributed by atoms with Gasteiger partial charge in [-0.05, 0) is 0 Å². The summed E-state index contributed by atoms with van der Waals surface area (Å²) in [5.41, 5.74) is 0.852. The topological polar surface area (TPSA) is 56.0 Å². The average molecular weight is 121 g/mol. The van der Waals surface area contributed by atoms with Crippen molar-refractivity contribution >= 4 is 5.52 Å². The lowest BCUT2D eigenvalue weighted by atomic mass is 10.6. The summed E-state index contributed by atoms with van der Waals surface area (Å²) in [6.45, 7) is 0. The third kappa shape index (κ3) is 0.543. The minimum atomic E-state index is 0.852. The van der Waals surface area contributed by atoms with E-state index >= 15 is 0 Å². The fourth-order valence-electron chi connectivity index (χ4n) is 0.605. The van der Waals surface area contributed by atoms with Crippen LogP contribution < -0.4 is 0 Å². The monoisotopic (exact) mass is 121 g/mol. The predicted octanol–water partition coefficient (Wildman–Crippen LogP) is -0.481. The van der Waals surface area contributed by atoms with E-state index in [1.807, 2.05) is 0 Å². The lowest BCUT2D eigenvalue weighted by Crippen LogP contribution is -1.89. The Labute approximate surface area is 50.3 Å². The molecule has 2 aromatic rings. The fourth-order valence-corrected chi connectivity index (χ4v) is 0.605. The van der Waals surface area contributed by atoms with E-state index in [1.54, 1.807) is 16.9 Å². The lowest BCUT2D eigenvalue weighted by molar-refractivity contribution is 0.807. The molecule has 2 heterocycles. The third-order valence-electron chi connectivity index (χ3n) is 1.02. The van der Waals surface area contributed by atoms with Crippen molar-refractivity contribution < 1.29 is 0 Å². The van der Waals surface area contributed by atoms with Crippen LogP contribution in [0.3, 0.4) is 0 Å². The van der Waals surface area contributed by atoms with Crippen molar-refractivity contribution in [2.45, 2.75) is 0 Å². The number of hydrogen-bond donors (Lipinski definition) is 0. The number of rotatable bonds is 0. The van der Waals surface area contributed by atoms with Crippen molar-refractivity contribution in [3.63, 3.8) is 0 Å². The molecule has 0 N–H and O–H groups in total. The van der Waals surface area contributed by atoms with Crippen LogP contribution in [-0.4, -0.2) is 25.0 Å². The Morgan fingerprint density at radius 3 is 2.89 bits per heavy atom. The highest BCUT2D eigenvalue weighted by Crippen LogP contribution is 1.90. The zero-order valence-corrected chi connectivity index (χ0v) is 4.47. The Morgan fingerprint density at radius 2 is 2.00 bits per heavy atom. The molecule has 2 aromatic heterocycles. The molecule has 5 heteroatoms. The van der Waals surface area contributed by atoms with Crippen LogP contribution in [0, 0.1) is 0 Å². The molecule has 0 bridgehead atoms. The molecule has 44 valence electrons. The molecule has 9 heavy (non-hydrogen) atoms. The predicted molar refractivity (Wildman–Crippen MR) is 28.6 cm³/mol. The minimum Gasteiger partial charge on any atom is -0.199 e. The lowest BCUT2D eigenvalue weighted by Gasteiger charge is -1.82. The van der Waals surface area contributed by atoms with Crippen LogP contribution in [-0.2, 0) is 0 Å². The van der Waals surface area contributed by atoms with Gasteiger partial charge in [-0.2, -0.15) is 9.61 Å². The number of nitrogens with zero attached hydrogens (tertiary/aromatic N) is 5. The summed E-state index contributed by atoms with van der Waals surface area (Å²) < 4.78 is 1.55. The molecule has 0 saturated carbocycles. The van der Waals surface area contributed by atoms with Gasteiger partial charge in [0.05, 0.1) is 12.4 Å². The Kier molecular flexibility index (Phi) is 0.717. The Bertz CT molecular complexity index is 283. The summed E-state index contributed by atoms with van der Waals surface area (Å²) >= 11 is 0. The second-order valence-electron chi connectivity index (χ2n) is 1.58. The van der Waals surface area contributed by atoms with Gasteiger partial charge < -0.3 is 0 Å². The van der Waals surface area contributed by atoms with Crippen LogP contribution in [0.4, 0.5) is 0 Å². The Balaban J connectivity index is 2.95. The molecule has 0 aliphatic rings. The first-order valence-electron chi connectivity index (χ1n) is 2.43. The molecule has 0 spiro atoms. The molecular formula is C4H3N5. The normalized spacial score (nSPS) is 10.2. The largest absolute Gasteiger partial charge is 0.199 e. The summed E-state index contributed by atoms with van der Waals surface area (Å²) in [6.07, 6.45) is 4.72. The first kappa shape index (κ1) is 4.37. The summed E-state index contributed by atoms with van der Waals surface area (Å²) in [6, 6.07) is 0. The van der Waals surface area contributed by atoms with Crippen LogP contribution in [0.25, 0.3) is 5.52 Å². The van der Waals surface area contributed by atoms with Gasteiger partial charge in [-0.15, -0.1) is 10.2 Å². The average Bonchev–Trinajstić information content (AvgIpc) is 2.33. The van der Waals surface area contributed by atoms with Crippen LogP contribution in [0.2, 0.25) is 0 Å². The quantitative estimate of drug-likeness (QED) is 0.472. The smallest absolute Gasteiger partial charge is 0.142 e. The van der Waals surface area contributed by atoms with Crippen molar-refractivity contribution in [1.29, 1.82) is 0 Å². The Morgan fingerprint density at radius 1 is 1.11 bits per heavy atom. The number of aromatic nitrogens is 5. The molecule has 0 aliphatic carbocycles. The van der Waals surface area contributed by atoms with E-state index in [9.17, 15) is 0 Å². The van der Waals surface area contributed by atoms with Crippen molar-refractivity contribution in [1.82, 2.24) is 25.0 Å². The maximum absolute atomic E-state index is 3.68. The third-order valence-corrected chi connectivity index (χ3v) is 1.02. The van der Waals surface area contributed by atoms with E-state index in [-0.39, 0.29) is 0 Å². The van der Waals surface area contributed by atoms with Gasteiger partial charge in [-0.3, -0.25) is 0 Å². The van der Waals surface area contributed by atoms with Crippen molar-refractivity contribution in [2.75, 3.05) is 0 Å². The summed E-state index contributed by atoms with van der Waals surface area (Å²) in [5.74, 6) is 0. The van der Waals surface area contributed by atoms with Crippen LogP contribution in [0.15, 0.2) is 18.7 Å². The molecule has 0 unspecified atom stereocenters. The van der Waals surface area contributed by atoms with Crippen LogP contribution >= 0.6 is 0 Å². The van der Waals surface area contributed by atoms with Crippen molar-refractivity contribution in [2.24, 2.45) is 0 Å². The van der Waals surface area contributed by atoms with Crippen molar-refractivity contribution in [3.05, 3.63) is 18.7 Å². The molecule has 0 aliphatic heterocycles. The van der Waals surface area contributed by atoms with Crippen LogP contribution in [0.1, 0.15) is 0 Å². The van der Waals surface area contributed by atoms with E-state index in [1.165, 1.54) is 6.33 Å². The zero-order valence-electron chi connectivity index (χ0n) is 4.47. The number of hydrogen-bond acceptors (Lipinski definition) is 4. The van der Waals surface area contributed by atoms with Gasteiger partial charge >= 0.3 is 0 Å². The zero-order chi connectivity index (χ0) is 6.10. The minimum absolute atomic E-state index is 0.852. The first-order chi connectivity index (χ1) is 4.47. The molecule has 0 amide bonds. The van der Waals surface area contributed by atoms with Gasteiger partial charge in [0.1, 0.15) is 11.8 Å². The van der Waals surface area contributed by atoms with Gasteiger partial charge in [0.15, 0.2) is 0 Å². The van der Waals surface area contributed by atoms with Crippen molar-refractivity contribution in [3.8, 4) is 0 Å².